The number of rotatable bonds is 3. The summed E-state index contributed by atoms with van der Waals surface area (Å²) in [6.07, 6.45) is 4.18. The SMILES string of the molecule is O=C(O)CC1(c2cc(F)cc(F)c2)CCCCC1. The lowest BCUT2D eigenvalue weighted by Crippen LogP contribution is -2.32. The normalized spacial score (nSPS) is 18.6. The van der Waals surface area contributed by atoms with Gasteiger partial charge in [-0.2, -0.15) is 0 Å². The van der Waals surface area contributed by atoms with Gasteiger partial charge in [-0.1, -0.05) is 19.3 Å². The van der Waals surface area contributed by atoms with E-state index in [4.69, 9.17) is 5.11 Å². The molecule has 98 valence electrons. The molecule has 1 aliphatic carbocycles. The van der Waals surface area contributed by atoms with Crippen LogP contribution < -0.4 is 0 Å². The highest BCUT2D eigenvalue weighted by molar-refractivity contribution is 5.69. The van der Waals surface area contributed by atoms with Gasteiger partial charge in [-0.3, -0.25) is 4.79 Å². The Labute approximate surface area is 105 Å². The highest BCUT2D eigenvalue weighted by Crippen LogP contribution is 2.42. The van der Waals surface area contributed by atoms with E-state index in [1.807, 2.05) is 0 Å². The van der Waals surface area contributed by atoms with E-state index < -0.39 is 23.0 Å². The van der Waals surface area contributed by atoms with E-state index in [9.17, 15) is 13.6 Å². The number of hydrogen-bond acceptors (Lipinski definition) is 1. The van der Waals surface area contributed by atoms with Crippen LogP contribution in [0.3, 0.4) is 0 Å². The minimum Gasteiger partial charge on any atom is -0.481 e. The molecule has 0 unspecified atom stereocenters. The number of carboxylic acid groups (broad SMARTS) is 1. The smallest absolute Gasteiger partial charge is 0.304 e. The lowest BCUT2D eigenvalue weighted by atomic mass is 9.67. The molecule has 1 aromatic rings. The zero-order chi connectivity index (χ0) is 13.2. The van der Waals surface area contributed by atoms with Gasteiger partial charge in [0.05, 0.1) is 6.42 Å². The van der Waals surface area contributed by atoms with Crippen molar-refractivity contribution < 1.29 is 18.7 Å². The highest BCUT2D eigenvalue weighted by Gasteiger charge is 2.36. The van der Waals surface area contributed by atoms with Crippen LogP contribution in [0.25, 0.3) is 0 Å². The molecule has 0 aromatic heterocycles. The maximum absolute atomic E-state index is 13.3. The van der Waals surface area contributed by atoms with E-state index in [1.165, 1.54) is 12.1 Å². The molecule has 2 nitrogen and oxygen atoms in total. The molecule has 1 N–H and O–H groups in total. The summed E-state index contributed by atoms with van der Waals surface area (Å²) in [6.45, 7) is 0. The lowest BCUT2D eigenvalue weighted by molar-refractivity contribution is -0.138. The number of aliphatic carboxylic acids is 1. The fourth-order valence-corrected chi connectivity index (χ4v) is 2.95. The summed E-state index contributed by atoms with van der Waals surface area (Å²) in [5.74, 6) is -2.19. The molecule has 0 bridgehead atoms. The van der Waals surface area contributed by atoms with E-state index in [-0.39, 0.29) is 6.42 Å². The summed E-state index contributed by atoms with van der Waals surface area (Å²) in [5, 5.41) is 9.04. The Morgan fingerprint density at radius 3 is 2.17 bits per heavy atom. The molecule has 0 heterocycles. The van der Waals surface area contributed by atoms with Crippen molar-refractivity contribution in [2.45, 2.75) is 43.9 Å². The van der Waals surface area contributed by atoms with Crippen LogP contribution in [0.5, 0.6) is 0 Å². The van der Waals surface area contributed by atoms with Crippen LogP contribution in [0.1, 0.15) is 44.1 Å². The predicted molar refractivity (Wildman–Crippen MR) is 63.4 cm³/mol. The Kier molecular flexibility index (Phi) is 3.64. The Hall–Kier alpha value is -1.45. The molecule has 1 aliphatic rings. The molecule has 0 saturated heterocycles. The standard InChI is InChI=1S/C14H16F2O2/c15-11-6-10(7-12(16)8-11)14(9-13(17)18)4-2-1-3-5-14/h6-8H,1-5,9H2,(H,17,18). The quantitative estimate of drug-likeness (QED) is 0.894. The van der Waals surface area contributed by atoms with Gasteiger partial charge in [0, 0.05) is 11.5 Å². The number of carbonyl (C=O) groups is 1. The average molecular weight is 254 g/mol. The summed E-state index contributed by atoms with van der Waals surface area (Å²) in [7, 11) is 0. The minimum atomic E-state index is -0.915. The van der Waals surface area contributed by atoms with Gasteiger partial charge in [0.1, 0.15) is 11.6 Å². The Balaban J connectivity index is 2.41. The monoisotopic (exact) mass is 254 g/mol. The summed E-state index contributed by atoms with van der Waals surface area (Å²) in [5.41, 5.74) is -0.116. The van der Waals surface area contributed by atoms with E-state index in [0.717, 1.165) is 25.3 Å². The fraction of sp³-hybridized carbons (Fsp3) is 0.500. The summed E-state index contributed by atoms with van der Waals surface area (Å²) < 4.78 is 26.6. The van der Waals surface area contributed by atoms with Gasteiger partial charge in [0.25, 0.3) is 0 Å². The first-order valence-corrected chi connectivity index (χ1v) is 6.20. The molecule has 1 saturated carbocycles. The van der Waals surface area contributed by atoms with Gasteiger partial charge >= 0.3 is 5.97 Å². The predicted octanol–water partition coefficient (Wildman–Crippen LogP) is 3.64. The summed E-state index contributed by atoms with van der Waals surface area (Å²) in [6, 6.07) is 3.37. The topological polar surface area (TPSA) is 37.3 Å². The van der Waals surface area contributed by atoms with Crippen molar-refractivity contribution in [1.82, 2.24) is 0 Å². The van der Waals surface area contributed by atoms with Gasteiger partial charge in [-0.25, -0.2) is 8.78 Å². The van der Waals surface area contributed by atoms with E-state index in [0.29, 0.717) is 18.4 Å². The van der Waals surface area contributed by atoms with Gasteiger partial charge in [-0.05, 0) is 30.5 Å². The maximum atomic E-state index is 13.3. The van der Waals surface area contributed by atoms with Gasteiger partial charge in [0.2, 0.25) is 0 Å². The van der Waals surface area contributed by atoms with E-state index >= 15 is 0 Å². The Morgan fingerprint density at radius 1 is 1.11 bits per heavy atom. The second-order valence-corrected chi connectivity index (χ2v) is 5.07. The highest BCUT2D eigenvalue weighted by atomic mass is 19.1. The zero-order valence-electron chi connectivity index (χ0n) is 10.1. The van der Waals surface area contributed by atoms with Crippen molar-refractivity contribution in [2.75, 3.05) is 0 Å². The third-order valence-electron chi connectivity index (χ3n) is 3.78. The molecule has 1 aromatic carbocycles. The van der Waals surface area contributed by atoms with Gasteiger partial charge in [-0.15, -0.1) is 0 Å². The number of halogens is 2. The Bertz CT molecular complexity index is 431. The fourth-order valence-electron chi connectivity index (χ4n) is 2.95. The molecular weight excluding hydrogens is 238 g/mol. The molecule has 0 amide bonds. The molecule has 0 radical (unpaired) electrons. The molecular formula is C14H16F2O2. The van der Waals surface area contributed by atoms with Crippen LogP contribution in [-0.2, 0) is 10.2 Å². The first-order valence-electron chi connectivity index (χ1n) is 6.20. The molecule has 18 heavy (non-hydrogen) atoms. The number of benzene rings is 1. The van der Waals surface area contributed by atoms with Gasteiger partial charge in [0.15, 0.2) is 0 Å². The van der Waals surface area contributed by atoms with Crippen LogP contribution in [0.15, 0.2) is 18.2 Å². The van der Waals surface area contributed by atoms with Crippen molar-refractivity contribution in [3.63, 3.8) is 0 Å². The summed E-state index contributed by atoms with van der Waals surface area (Å²) in [4.78, 5) is 11.0. The molecule has 1 fully saturated rings. The van der Waals surface area contributed by atoms with Crippen molar-refractivity contribution in [2.24, 2.45) is 0 Å². The maximum Gasteiger partial charge on any atom is 0.304 e. The Morgan fingerprint density at radius 2 is 1.67 bits per heavy atom. The van der Waals surface area contributed by atoms with Crippen molar-refractivity contribution in [3.8, 4) is 0 Å². The third kappa shape index (κ3) is 2.68. The minimum absolute atomic E-state index is 0.0596. The van der Waals surface area contributed by atoms with Crippen LogP contribution in [0.2, 0.25) is 0 Å². The average Bonchev–Trinajstić information content (AvgIpc) is 2.28. The zero-order valence-corrected chi connectivity index (χ0v) is 10.1. The third-order valence-corrected chi connectivity index (χ3v) is 3.78. The lowest BCUT2D eigenvalue weighted by Gasteiger charge is -2.36. The first kappa shape index (κ1) is 13.0. The summed E-state index contributed by atoms with van der Waals surface area (Å²) >= 11 is 0. The first-order chi connectivity index (χ1) is 8.52. The van der Waals surface area contributed by atoms with Crippen molar-refractivity contribution in [1.29, 1.82) is 0 Å². The van der Waals surface area contributed by atoms with E-state index in [1.54, 1.807) is 0 Å². The molecule has 4 heteroatoms. The van der Waals surface area contributed by atoms with Crippen LogP contribution >= 0.6 is 0 Å². The molecule has 2 rings (SSSR count). The number of hydrogen-bond donors (Lipinski definition) is 1. The molecule has 0 atom stereocenters. The van der Waals surface area contributed by atoms with Crippen molar-refractivity contribution >= 4 is 5.97 Å². The molecule has 0 spiro atoms. The largest absolute Gasteiger partial charge is 0.481 e. The molecule has 0 aliphatic heterocycles. The van der Waals surface area contributed by atoms with Crippen LogP contribution in [0, 0.1) is 11.6 Å². The van der Waals surface area contributed by atoms with Crippen LogP contribution in [0.4, 0.5) is 8.78 Å². The second kappa shape index (κ2) is 5.04. The number of carboxylic acids is 1. The van der Waals surface area contributed by atoms with E-state index in [2.05, 4.69) is 0 Å². The van der Waals surface area contributed by atoms with Crippen LogP contribution in [-0.4, -0.2) is 11.1 Å². The second-order valence-electron chi connectivity index (χ2n) is 5.07. The van der Waals surface area contributed by atoms with Crippen molar-refractivity contribution in [3.05, 3.63) is 35.4 Å². The van der Waals surface area contributed by atoms with Gasteiger partial charge < -0.3 is 5.11 Å².